The lowest BCUT2D eigenvalue weighted by Crippen LogP contribution is -2.47. The molecule has 1 saturated heterocycles. The Hall–Kier alpha value is -0.610. The minimum atomic E-state index is -0.366. The molecule has 0 bridgehead atoms. The van der Waals surface area contributed by atoms with Crippen molar-refractivity contribution in [2.24, 2.45) is 5.73 Å². The van der Waals surface area contributed by atoms with E-state index in [1.807, 2.05) is 6.92 Å². The summed E-state index contributed by atoms with van der Waals surface area (Å²) in [6.07, 6.45) is 1.81. The standard InChI is InChI=1S/C9H18N2O2/c1-2-8(10)9(13)11-5-3-7(12)4-6-11/h7-8,12H,2-6,10H2,1H3. The second-order valence-electron chi connectivity index (χ2n) is 3.57. The molecule has 4 heteroatoms. The zero-order valence-corrected chi connectivity index (χ0v) is 8.07. The van der Waals surface area contributed by atoms with Gasteiger partial charge in [-0.2, -0.15) is 0 Å². The van der Waals surface area contributed by atoms with Gasteiger partial charge in [0.05, 0.1) is 12.1 Å². The minimum Gasteiger partial charge on any atom is -0.393 e. The molecule has 1 atom stereocenters. The zero-order valence-electron chi connectivity index (χ0n) is 8.07. The lowest BCUT2D eigenvalue weighted by molar-refractivity contribution is -0.134. The van der Waals surface area contributed by atoms with Gasteiger partial charge in [0.25, 0.3) is 0 Å². The molecule has 0 aromatic heterocycles. The molecule has 3 N–H and O–H groups in total. The lowest BCUT2D eigenvalue weighted by Gasteiger charge is -2.31. The van der Waals surface area contributed by atoms with Gasteiger partial charge in [0.15, 0.2) is 0 Å². The van der Waals surface area contributed by atoms with Gasteiger partial charge in [0.2, 0.25) is 5.91 Å². The third-order valence-electron chi connectivity index (χ3n) is 2.53. The molecule has 1 rings (SSSR count). The van der Waals surface area contributed by atoms with E-state index >= 15 is 0 Å². The molecule has 0 spiro atoms. The Balaban J connectivity index is 2.40. The summed E-state index contributed by atoms with van der Waals surface area (Å²) in [5.41, 5.74) is 5.63. The summed E-state index contributed by atoms with van der Waals surface area (Å²) in [5, 5.41) is 9.24. The highest BCUT2D eigenvalue weighted by Gasteiger charge is 2.24. The molecule has 13 heavy (non-hydrogen) atoms. The van der Waals surface area contributed by atoms with Crippen molar-refractivity contribution < 1.29 is 9.90 Å². The molecular weight excluding hydrogens is 168 g/mol. The third kappa shape index (κ3) is 2.67. The summed E-state index contributed by atoms with van der Waals surface area (Å²) >= 11 is 0. The van der Waals surface area contributed by atoms with Crippen LogP contribution >= 0.6 is 0 Å². The average Bonchev–Trinajstić information content (AvgIpc) is 2.17. The molecule has 1 heterocycles. The summed E-state index contributed by atoms with van der Waals surface area (Å²) in [6, 6.07) is -0.366. The third-order valence-corrected chi connectivity index (χ3v) is 2.53. The van der Waals surface area contributed by atoms with Crippen molar-refractivity contribution in [3.05, 3.63) is 0 Å². The van der Waals surface area contributed by atoms with Crippen LogP contribution in [-0.4, -0.2) is 41.1 Å². The van der Waals surface area contributed by atoms with Gasteiger partial charge in [-0.05, 0) is 19.3 Å². The SMILES string of the molecule is CCC(N)C(=O)N1CCC(O)CC1. The van der Waals surface area contributed by atoms with E-state index in [-0.39, 0.29) is 18.1 Å². The van der Waals surface area contributed by atoms with E-state index in [2.05, 4.69) is 0 Å². The fourth-order valence-electron chi connectivity index (χ4n) is 1.50. The maximum absolute atomic E-state index is 11.6. The van der Waals surface area contributed by atoms with Crippen LogP contribution in [0.2, 0.25) is 0 Å². The van der Waals surface area contributed by atoms with Gasteiger partial charge in [-0.25, -0.2) is 0 Å². The molecule has 0 aromatic carbocycles. The molecule has 0 saturated carbocycles. The highest BCUT2D eigenvalue weighted by molar-refractivity contribution is 5.81. The van der Waals surface area contributed by atoms with Crippen molar-refractivity contribution in [3.8, 4) is 0 Å². The van der Waals surface area contributed by atoms with E-state index in [4.69, 9.17) is 5.73 Å². The predicted molar refractivity (Wildman–Crippen MR) is 50.1 cm³/mol. The van der Waals surface area contributed by atoms with Crippen LogP contribution in [-0.2, 0) is 4.79 Å². The van der Waals surface area contributed by atoms with Crippen molar-refractivity contribution in [1.29, 1.82) is 0 Å². The van der Waals surface area contributed by atoms with Gasteiger partial charge in [-0.15, -0.1) is 0 Å². The number of nitrogens with two attached hydrogens (primary N) is 1. The fourth-order valence-corrected chi connectivity index (χ4v) is 1.50. The first-order chi connectivity index (χ1) is 6.15. The summed E-state index contributed by atoms with van der Waals surface area (Å²) in [5.74, 6) is 0.0226. The van der Waals surface area contributed by atoms with E-state index in [1.54, 1.807) is 4.90 Å². The van der Waals surface area contributed by atoms with E-state index in [9.17, 15) is 9.90 Å². The molecule has 1 aliphatic heterocycles. The van der Waals surface area contributed by atoms with Crippen molar-refractivity contribution in [2.75, 3.05) is 13.1 Å². The fraction of sp³-hybridized carbons (Fsp3) is 0.889. The number of nitrogens with zero attached hydrogens (tertiary/aromatic N) is 1. The molecule has 1 amide bonds. The maximum Gasteiger partial charge on any atom is 0.239 e. The van der Waals surface area contributed by atoms with E-state index < -0.39 is 0 Å². The highest BCUT2D eigenvalue weighted by Crippen LogP contribution is 2.11. The average molecular weight is 186 g/mol. The van der Waals surface area contributed by atoms with Crippen molar-refractivity contribution in [1.82, 2.24) is 4.90 Å². The Morgan fingerprint density at radius 2 is 2.15 bits per heavy atom. The first-order valence-corrected chi connectivity index (χ1v) is 4.87. The summed E-state index contributed by atoms with van der Waals surface area (Å²) in [7, 11) is 0. The zero-order chi connectivity index (χ0) is 9.84. The lowest BCUT2D eigenvalue weighted by atomic mass is 10.1. The Labute approximate surface area is 78.7 Å². The number of likely N-dealkylation sites (tertiary alicyclic amines) is 1. The van der Waals surface area contributed by atoms with Crippen molar-refractivity contribution >= 4 is 5.91 Å². The van der Waals surface area contributed by atoms with Gasteiger partial charge >= 0.3 is 0 Å². The molecule has 1 unspecified atom stereocenters. The van der Waals surface area contributed by atoms with Gasteiger partial charge in [-0.1, -0.05) is 6.92 Å². The first kappa shape index (κ1) is 10.5. The number of hydrogen-bond donors (Lipinski definition) is 2. The first-order valence-electron chi connectivity index (χ1n) is 4.87. The van der Waals surface area contributed by atoms with Crippen LogP contribution in [0.25, 0.3) is 0 Å². The number of aliphatic hydroxyl groups excluding tert-OH is 1. The number of carbonyl (C=O) groups is 1. The van der Waals surface area contributed by atoms with Gasteiger partial charge in [-0.3, -0.25) is 4.79 Å². The van der Waals surface area contributed by atoms with E-state index in [1.165, 1.54) is 0 Å². The topological polar surface area (TPSA) is 66.6 Å². The predicted octanol–water partition coefficient (Wildman–Crippen LogP) is -0.293. The molecule has 76 valence electrons. The van der Waals surface area contributed by atoms with E-state index in [0.29, 0.717) is 32.4 Å². The van der Waals surface area contributed by atoms with Crippen LogP contribution in [0.4, 0.5) is 0 Å². The van der Waals surface area contributed by atoms with Crippen LogP contribution in [0, 0.1) is 0 Å². The van der Waals surface area contributed by atoms with E-state index in [0.717, 1.165) is 0 Å². The molecule has 1 fully saturated rings. The van der Waals surface area contributed by atoms with Crippen LogP contribution < -0.4 is 5.73 Å². The Morgan fingerprint density at radius 1 is 1.62 bits per heavy atom. The number of amides is 1. The number of piperidine rings is 1. The van der Waals surface area contributed by atoms with Crippen molar-refractivity contribution in [3.63, 3.8) is 0 Å². The molecule has 1 aliphatic rings. The molecule has 4 nitrogen and oxygen atoms in total. The minimum absolute atomic E-state index is 0.0226. The number of carbonyl (C=O) groups excluding carboxylic acids is 1. The Bertz CT molecular complexity index is 176. The second kappa shape index (κ2) is 4.58. The molecule has 0 aromatic rings. The Kier molecular flexibility index (Phi) is 3.69. The molecular formula is C9H18N2O2. The van der Waals surface area contributed by atoms with Crippen LogP contribution in [0.5, 0.6) is 0 Å². The quantitative estimate of drug-likeness (QED) is 0.622. The highest BCUT2D eigenvalue weighted by atomic mass is 16.3. The largest absolute Gasteiger partial charge is 0.393 e. The smallest absolute Gasteiger partial charge is 0.239 e. The number of rotatable bonds is 2. The molecule has 0 radical (unpaired) electrons. The number of aliphatic hydroxyl groups is 1. The van der Waals surface area contributed by atoms with Crippen LogP contribution in [0.1, 0.15) is 26.2 Å². The summed E-state index contributed by atoms with van der Waals surface area (Å²) in [6.45, 7) is 3.20. The van der Waals surface area contributed by atoms with Crippen molar-refractivity contribution in [2.45, 2.75) is 38.3 Å². The Morgan fingerprint density at radius 3 is 2.62 bits per heavy atom. The maximum atomic E-state index is 11.6. The second-order valence-corrected chi connectivity index (χ2v) is 3.57. The summed E-state index contributed by atoms with van der Waals surface area (Å²) in [4.78, 5) is 13.3. The molecule has 0 aliphatic carbocycles. The summed E-state index contributed by atoms with van der Waals surface area (Å²) < 4.78 is 0. The number of hydrogen-bond acceptors (Lipinski definition) is 3. The monoisotopic (exact) mass is 186 g/mol. The van der Waals surface area contributed by atoms with Crippen LogP contribution in [0.15, 0.2) is 0 Å². The van der Waals surface area contributed by atoms with Gasteiger partial charge in [0.1, 0.15) is 0 Å². The van der Waals surface area contributed by atoms with Gasteiger partial charge < -0.3 is 15.7 Å². The normalized spacial score (nSPS) is 21.6. The van der Waals surface area contributed by atoms with Crippen LogP contribution in [0.3, 0.4) is 0 Å². The van der Waals surface area contributed by atoms with Gasteiger partial charge in [0, 0.05) is 13.1 Å².